The van der Waals surface area contributed by atoms with E-state index in [2.05, 4.69) is 4.99 Å². The van der Waals surface area contributed by atoms with Gasteiger partial charge in [0.2, 0.25) is 10.0 Å². The van der Waals surface area contributed by atoms with Gasteiger partial charge in [0.25, 0.3) is 5.91 Å². The van der Waals surface area contributed by atoms with Gasteiger partial charge in [0.15, 0.2) is 4.80 Å². The van der Waals surface area contributed by atoms with Crippen LogP contribution in [0.25, 0.3) is 10.2 Å². The number of hydrogen-bond acceptors (Lipinski definition) is 5. The Morgan fingerprint density at radius 1 is 1.22 bits per heavy atom. The lowest BCUT2D eigenvalue weighted by Gasteiger charge is -2.21. The Morgan fingerprint density at radius 2 is 1.97 bits per heavy atom. The summed E-state index contributed by atoms with van der Waals surface area (Å²) in [7, 11) is -3.93. The van der Waals surface area contributed by atoms with Crippen LogP contribution in [-0.4, -0.2) is 49.0 Å². The van der Waals surface area contributed by atoms with E-state index < -0.39 is 27.8 Å². The van der Waals surface area contributed by atoms with Gasteiger partial charge in [-0.1, -0.05) is 23.5 Å². The number of fused-ring (bicyclic) bond motifs is 1. The monoisotopic (exact) mass is 477 g/mol. The first-order chi connectivity index (χ1) is 15.4. The molecule has 1 saturated heterocycles. The fraction of sp³-hybridized carbons (Fsp3) is 0.364. The molecule has 1 aromatic heterocycles. The van der Waals surface area contributed by atoms with Crippen molar-refractivity contribution in [1.29, 1.82) is 0 Å². The molecule has 1 aliphatic heterocycles. The highest BCUT2D eigenvalue weighted by atomic mass is 32.2. The topological polar surface area (TPSA) is 81.0 Å². The first kappa shape index (κ1) is 22.8. The zero-order chi connectivity index (χ0) is 22.7. The van der Waals surface area contributed by atoms with Crippen LogP contribution < -0.4 is 4.80 Å². The summed E-state index contributed by atoms with van der Waals surface area (Å²) in [6.07, 6.45) is 0.954. The zero-order valence-electron chi connectivity index (χ0n) is 17.6. The van der Waals surface area contributed by atoms with Gasteiger partial charge in [0, 0.05) is 19.7 Å². The number of thiazole rings is 1. The maximum atomic E-state index is 13.2. The molecule has 1 fully saturated rings. The molecule has 4 rings (SSSR count). The molecule has 1 atom stereocenters. The Hall–Kier alpha value is -2.40. The van der Waals surface area contributed by atoms with Crippen LogP contribution in [0.15, 0.2) is 58.4 Å². The van der Waals surface area contributed by atoms with Crippen molar-refractivity contribution in [1.82, 2.24) is 8.87 Å². The molecule has 2 heterocycles. The second kappa shape index (κ2) is 9.62. The van der Waals surface area contributed by atoms with E-state index in [1.807, 2.05) is 35.8 Å². The second-order valence-electron chi connectivity index (χ2n) is 7.38. The highest BCUT2D eigenvalue weighted by molar-refractivity contribution is 7.89. The van der Waals surface area contributed by atoms with Gasteiger partial charge in [0.05, 0.1) is 21.7 Å². The van der Waals surface area contributed by atoms with Crippen molar-refractivity contribution >= 4 is 37.5 Å². The Balaban J connectivity index is 1.67. The minimum atomic E-state index is -3.93. The fourth-order valence-electron chi connectivity index (χ4n) is 3.81. The highest BCUT2D eigenvalue weighted by Crippen LogP contribution is 2.27. The summed E-state index contributed by atoms with van der Waals surface area (Å²) < 4.78 is 49.0. The summed E-state index contributed by atoms with van der Waals surface area (Å²) >= 11 is 1.39. The standard InChI is InChI=1S/C22H24FN3O4S2/c1-2-30-15-14-25-18-6-3-4-8-20(18)31-22(25)24-21(27)19-7-5-13-26(19)32(28,29)17-11-9-16(23)10-12-17/h3-4,6,8-12,19H,2,5,7,13-15H2,1H3. The molecule has 1 unspecified atom stereocenters. The number of ether oxygens (including phenoxy) is 1. The average molecular weight is 478 g/mol. The number of benzene rings is 2. The van der Waals surface area contributed by atoms with Crippen LogP contribution in [0.2, 0.25) is 0 Å². The molecule has 32 heavy (non-hydrogen) atoms. The van der Waals surface area contributed by atoms with Crippen molar-refractivity contribution in [3.05, 3.63) is 59.1 Å². The van der Waals surface area contributed by atoms with E-state index in [0.717, 1.165) is 22.3 Å². The Bertz CT molecular complexity index is 1280. The molecule has 2 aromatic carbocycles. The third kappa shape index (κ3) is 4.54. The predicted molar refractivity (Wildman–Crippen MR) is 120 cm³/mol. The normalized spacial score (nSPS) is 17.9. The second-order valence-corrected chi connectivity index (χ2v) is 10.3. The lowest BCUT2D eigenvalue weighted by atomic mass is 10.2. The summed E-state index contributed by atoms with van der Waals surface area (Å²) in [5.41, 5.74) is 0.950. The average Bonchev–Trinajstić information content (AvgIpc) is 3.40. The molecular formula is C22H24FN3O4S2. The van der Waals surface area contributed by atoms with E-state index in [0.29, 0.717) is 37.4 Å². The first-order valence-corrected chi connectivity index (χ1v) is 12.7. The molecule has 0 radical (unpaired) electrons. The quantitative estimate of drug-likeness (QED) is 0.490. The molecule has 3 aromatic rings. The zero-order valence-corrected chi connectivity index (χ0v) is 19.2. The Kier molecular flexibility index (Phi) is 6.85. The highest BCUT2D eigenvalue weighted by Gasteiger charge is 2.39. The number of sulfonamides is 1. The number of hydrogen-bond donors (Lipinski definition) is 0. The third-order valence-electron chi connectivity index (χ3n) is 5.37. The third-order valence-corrected chi connectivity index (χ3v) is 8.35. The molecule has 7 nitrogen and oxygen atoms in total. The number of amides is 1. The summed E-state index contributed by atoms with van der Waals surface area (Å²) in [5, 5.41) is 0. The maximum Gasteiger partial charge on any atom is 0.266 e. The molecule has 170 valence electrons. The van der Waals surface area contributed by atoms with Gasteiger partial charge in [-0.3, -0.25) is 4.79 Å². The Morgan fingerprint density at radius 3 is 2.72 bits per heavy atom. The smallest absolute Gasteiger partial charge is 0.266 e. The summed E-state index contributed by atoms with van der Waals surface area (Å²) in [6.45, 7) is 3.75. The van der Waals surface area contributed by atoms with E-state index in [1.165, 1.54) is 27.8 Å². The lowest BCUT2D eigenvalue weighted by Crippen LogP contribution is -2.40. The molecule has 0 aliphatic carbocycles. The van der Waals surface area contributed by atoms with Crippen LogP contribution in [0.1, 0.15) is 19.8 Å². The number of halogens is 1. The van der Waals surface area contributed by atoms with Crippen molar-refractivity contribution in [3.63, 3.8) is 0 Å². The largest absolute Gasteiger partial charge is 0.380 e. The van der Waals surface area contributed by atoms with Gasteiger partial charge in [-0.25, -0.2) is 12.8 Å². The van der Waals surface area contributed by atoms with Crippen LogP contribution in [-0.2, 0) is 26.1 Å². The Labute approximate surface area is 189 Å². The summed E-state index contributed by atoms with van der Waals surface area (Å²) in [6, 6.07) is 11.5. The number of nitrogens with zero attached hydrogens (tertiary/aromatic N) is 3. The van der Waals surface area contributed by atoms with Gasteiger partial charge in [-0.2, -0.15) is 9.30 Å². The van der Waals surface area contributed by atoms with Crippen LogP contribution in [0.3, 0.4) is 0 Å². The van der Waals surface area contributed by atoms with Gasteiger partial charge in [-0.15, -0.1) is 0 Å². The van der Waals surface area contributed by atoms with Gasteiger partial charge < -0.3 is 9.30 Å². The SMILES string of the molecule is CCOCCn1c(=NC(=O)C2CCCN2S(=O)(=O)c2ccc(F)cc2)sc2ccccc21. The summed E-state index contributed by atoms with van der Waals surface area (Å²) in [5.74, 6) is -1.01. The van der Waals surface area contributed by atoms with E-state index >= 15 is 0 Å². The van der Waals surface area contributed by atoms with Crippen LogP contribution >= 0.6 is 11.3 Å². The minimum absolute atomic E-state index is 0.0350. The molecular weight excluding hydrogens is 453 g/mol. The number of para-hydroxylation sites is 1. The number of carbonyl (C=O) groups is 1. The van der Waals surface area contributed by atoms with Crippen molar-refractivity contribution in [2.45, 2.75) is 37.2 Å². The van der Waals surface area contributed by atoms with Crippen molar-refractivity contribution in [3.8, 4) is 0 Å². The van der Waals surface area contributed by atoms with Gasteiger partial charge in [-0.05, 0) is 56.2 Å². The molecule has 1 aliphatic rings. The van der Waals surface area contributed by atoms with E-state index in [9.17, 15) is 17.6 Å². The van der Waals surface area contributed by atoms with Gasteiger partial charge >= 0.3 is 0 Å². The predicted octanol–water partition coefficient (Wildman–Crippen LogP) is 3.16. The fourth-order valence-corrected chi connectivity index (χ4v) is 6.52. The minimum Gasteiger partial charge on any atom is -0.380 e. The molecule has 0 N–H and O–H groups in total. The summed E-state index contributed by atoms with van der Waals surface area (Å²) in [4.78, 5) is 18.0. The van der Waals surface area contributed by atoms with Crippen LogP contribution in [0.5, 0.6) is 0 Å². The number of aromatic nitrogens is 1. The first-order valence-electron chi connectivity index (χ1n) is 10.4. The number of rotatable bonds is 7. The molecule has 10 heteroatoms. The van der Waals surface area contributed by atoms with Crippen molar-refractivity contribution in [2.24, 2.45) is 4.99 Å². The van der Waals surface area contributed by atoms with E-state index in [4.69, 9.17) is 4.74 Å². The van der Waals surface area contributed by atoms with E-state index in [-0.39, 0.29) is 11.4 Å². The number of carbonyl (C=O) groups excluding carboxylic acids is 1. The van der Waals surface area contributed by atoms with Crippen LogP contribution in [0, 0.1) is 5.82 Å². The lowest BCUT2D eigenvalue weighted by molar-refractivity contribution is -0.121. The van der Waals surface area contributed by atoms with Crippen molar-refractivity contribution < 1.29 is 22.3 Å². The van der Waals surface area contributed by atoms with E-state index in [1.54, 1.807) is 0 Å². The van der Waals surface area contributed by atoms with Gasteiger partial charge in [0.1, 0.15) is 11.9 Å². The van der Waals surface area contributed by atoms with Crippen LogP contribution in [0.4, 0.5) is 4.39 Å². The molecule has 1 amide bonds. The van der Waals surface area contributed by atoms with Crippen molar-refractivity contribution in [2.75, 3.05) is 19.8 Å². The molecule has 0 bridgehead atoms. The molecule has 0 spiro atoms. The maximum absolute atomic E-state index is 13.2. The molecule has 0 saturated carbocycles.